The summed E-state index contributed by atoms with van der Waals surface area (Å²) >= 11 is 0. The molecular formula is C12H21N3O5. The van der Waals surface area contributed by atoms with E-state index in [1.807, 2.05) is 0 Å². The monoisotopic (exact) mass is 287 g/mol. The van der Waals surface area contributed by atoms with Crippen molar-refractivity contribution < 1.29 is 24.3 Å². The number of carbonyl (C=O) groups is 4. The molecule has 0 aliphatic carbocycles. The van der Waals surface area contributed by atoms with E-state index < -0.39 is 23.3 Å². The van der Waals surface area contributed by atoms with E-state index in [0.29, 0.717) is 0 Å². The van der Waals surface area contributed by atoms with Gasteiger partial charge in [-0.2, -0.15) is 0 Å². The summed E-state index contributed by atoms with van der Waals surface area (Å²) in [6, 6.07) is -0.675. The maximum absolute atomic E-state index is 11.6. The average molecular weight is 287 g/mol. The molecule has 0 bridgehead atoms. The minimum absolute atomic E-state index is 0.0710. The molecule has 0 aliphatic rings. The van der Waals surface area contributed by atoms with Crippen molar-refractivity contribution in [3.63, 3.8) is 0 Å². The van der Waals surface area contributed by atoms with Gasteiger partial charge < -0.3 is 15.7 Å². The Morgan fingerprint density at radius 3 is 2.05 bits per heavy atom. The highest BCUT2D eigenvalue weighted by Gasteiger charge is 2.25. The molecule has 0 unspecified atom stereocenters. The van der Waals surface area contributed by atoms with Crippen LogP contribution in [0.2, 0.25) is 0 Å². The molecule has 0 aromatic carbocycles. The van der Waals surface area contributed by atoms with Crippen molar-refractivity contribution in [1.29, 1.82) is 0 Å². The molecule has 0 heterocycles. The molecule has 0 fully saturated rings. The van der Waals surface area contributed by atoms with Crippen LogP contribution in [0, 0.1) is 5.41 Å². The van der Waals surface area contributed by atoms with E-state index in [-0.39, 0.29) is 31.8 Å². The number of nitrogens with one attached hydrogen (secondary N) is 3. The highest BCUT2D eigenvalue weighted by Crippen LogP contribution is 2.24. The smallest absolute Gasteiger partial charge is 0.321 e. The average Bonchev–Trinajstić information content (AvgIpc) is 2.20. The summed E-state index contributed by atoms with van der Waals surface area (Å²) in [5.41, 5.74) is -0.730. The van der Waals surface area contributed by atoms with E-state index in [9.17, 15) is 19.2 Å². The Labute approximate surface area is 117 Å². The highest BCUT2D eigenvalue weighted by molar-refractivity contribution is 5.94. The fourth-order valence-corrected chi connectivity index (χ4v) is 1.54. The van der Waals surface area contributed by atoms with Gasteiger partial charge in [0, 0.05) is 26.4 Å². The van der Waals surface area contributed by atoms with Gasteiger partial charge in [0.25, 0.3) is 0 Å². The Morgan fingerprint density at radius 1 is 1.00 bits per heavy atom. The van der Waals surface area contributed by atoms with E-state index in [0.717, 1.165) is 0 Å². The van der Waals surface area contributed by atoms with Gasteiger partial charge in [-0.25, -0.2) is 4.79 Å². The predicted molar refractivity (Wildman–Crippen MR) is 70.9 cm³/mol. The molecule has 0 aliphatic heterocycles. The molecule has 114 valence electrons. The van der Waals surface area contributed by atoms with Crippen molar-refractivity contribution in [3.8, 4) is 0 Å². The number of amides is 4. The van der Waals surface area contributed by atoms with E-state index in [1.54, 1.807) is 13.8 Å². The van der Waals surface area contributed by atoms with Gasteiger partial charge in [0.1, 0.15) is 0 Å². The number of carboxylic acids is 1. The first kappa shape index (κ1) is 17.9. The summed E-state index contributed by atoms with van der Waals surface area (Å²) < 4.78 is 0. The molecule has 0 radical (unpaired) electrons. The Kier molecular flexibility index (Phi) is 7.27. The van der Waals surface area contributed by atoms with Gasteiger partial charge in [0.2, 0.25) is 11.8 Å². The van der Waals surface area contributed by atoms with Crippen molar-refractivity contribution in [3.05, 3.63) is 0 Å². The Morgan fingerprint density at radius 2 is 1.55 bits per heavy atom. The zero-order valence-electron chi connectivity index (χ0n) is 11.9. The quantitative estimate of drug-likeness (QED) is 0.484. The number of carboxylic acid groups (broad SMARTS) is 1. The molecule has 0 atom stereocenters. The molecule has 0 aromatic rings. The molecule has 0 saturated heterocycles. The van der Waals surface area contributed by atoms with Crippen molar-refractivity contribution in [2.24, 2.45) is 5.41 Å². The van der Waals surface area contributed by atoms with E-state index in [4.69, 9.17) is 5.11 Å². The molecule has 0 spiro atoms. The summed E-state index contributed by atoms with van der Waals surface area (Å²) in [5, 5.41) is 15.7. The van der Waals surface area contributed by atoms with Crippen LogP contribution in [-0.2, 0) is 14.4 Å². The van der Waals surface area contributed by atoms with Crippen molar-refractivity contribution in [2.75, 3.05) is 13.1 Å². The van der Waals surface area contributed by atoms with Crippen LogP contribution in [0.1, 0.15) is 33.6 Å². The number of imide groups is 1. The maximum Gasteiger partial charge on any atom is 0.321 e. The van der Waals surface area contributed by atoms with E-state index in [2.05, 4.69) is 16.0 Å². The van der Waals surface area contributed by atoms with Crippen LogP contribution in [0.3, 0.4) is 0 Å². The number of rotatable bonds is 7. The van der Waals surface area contributed by atoms with Gasteiger partial charge in [-0.1, -0.05) is 13.8 Å². The molecule has 20 heavy (non-hydrogen) atoms. The van der Waals surface area contributed by atoms with Crippen LogP contribution in [0.5, 0.6) is 0 Å². The molecule has 0 rings (SSSR count). The standard InChI is InChI=1S/C12H21N3O5/c1-8(16)13-4-5-14-11(20)15-9(17)6-12(2,3)7-10(18)19/h4-7H2,1-3H3,(H,13,16)(H,18,19)(H2,14,15,17,20). The van der Waals surface area contributed by atoms with Gasteiger partial charge in [-0.3, -0.25) is 19.7 Å². The van der Waals surface area contributed by atoms with E-state index >= 15 is 0 Å². The lowest BCUT2D eigenvalue weighted by Gasteiger charge is -2.21. The fourth-order valence-electron chi connectivity index (χ4n) is 1.54. The second-order valence-corrected chi connectivity index (χ2v) is 5.20. The third-order valence-corrected chi connectivity index (χ3v) is 2.31. The van der Waals surface area contributed by atoms with Crippen molar-refractivity contribution in [1.82, 2.24) is 16.0 Å². The summed E-state index contributed by atoms with van der Waals surface area (Å²) in [7, 11) is 0. The first-order valence-electron chi connectivity index (χ1n) is 6.16. The first-order chi connectivity index (χ1) is 9.12. The molecule has 8 nitrogen and oxygen atoms in total. The summed E-state index contributed by atoms with van der Waals surface area (Å²) in [6.07, 6.45) is -0.233. The van der Waals surface area contributed by atoms with Gasteiger partial charge in [0.15, 0.2) is 0 Å². The van der Waals surface area contributed by atoms with Crippen LogP contribution >= 0.6 is 0 Å². The van der Waals surface area contributed by atoms with Gasteiger partial charge in [-0.15, -0.1) is 0 Å². The number of aliphatic carboxylic acids is 1. The molecule has 0 saturated carbocycles. The molecule has 8 heteroatoms. The van der Waals surface area contributed by atoms with Crippen LogP contribution in [0.15, 0.2) is 0 Å². The second-order valence-electron chi connectivity index (χ2n) is 5.20. The zero-order valence-corrected chi connectivity index (χ0v) is 11.9. The van der Waals surface area contributed by atoms with Crippen LogP contribution in [0.4, 0.5) is 4.79 Å². The summed E-state index contributed by atoms with van der Waals surface area (Å²) in [5.74, 6) is -1.76. The SMILES string of the molecule is CC(=O)NCCNC(=O)NC(=O)CC(C)(C)CC(=O)O. The third kappa shape index (κ3) is 9.86. The van der Waals surface area contributed by atoms with E-state index in [1.165, 1.54) is 6.92 Å². The van der Waals surface area contributed by atoms with Gasteiger partial charge in [-0.05, 0) is 5.41 Å². The minimum atomic E-state index is -0.998. The predicted octanol–water partition coefficient (Wildman–Crippen LogP) is -0.161. The Hall–Kier alpha value is -2.12. The Bertz CT molecular complexity index is 393. The molecule has 4 N–H and O–H groups in total. The minimum Gasteiger partial charge on any atom is -0.481 e. The lowest BCUT2D eigenvalue weighted by Crippen LogP contribution is -2.43. The normalized spacial score (nSPS) is 10.6. The highest BCUT2D eigenvalue weighted by atomic mass is 16.4. The van der Waals surface area contributed by atoms with Crippen molar-refractivity contribution in [2.45, 2.75) is 33.6 Å². The van der Waals surface area contributed by atoms with Crippen LogP contribution in [0.25, 0.3) is 0 Å². The molecule has 0 aromatic heterocycles. The van der Waals surface area contributed by atoms with Crippen LogP contribution < -0.4 is 16.0 Å². The number of carbonyl (C=O) groups excluding carboxylic acids is 3. The number of hydrogen-bond acceptors (Lipinski definition) is 4. The Balaban J connectivity index is 3.98. The van der Waals surface area contributed by atoms with Crippen molar-refractivity contribution >= 4 is 23.8 Å². The fraction of sp³-hybridized carbons (Fsp3) is 0.667. The number of urea groups is 1. The largest absolute Gasteiger partial charge is 0.481 e. The maximum atomic E-state index is 11.6. The third-order valence-electron chi connectivity index (χ3n) is 2.31. The summed E-state index contributed by atoms with van der Waals surface area (Å²) in [6.45, 7) is 5.08. The van der Waals surface area contributed by atoms with Crippen LogP contribution in [-0.4, -0.2) is 42.0 Å². The van der Waals surface area contributed by atoms with Gasteiger partial charge >= 0.3 is 12.0 Å². The number of hydrogen-bond donors (Lipinski definition) is 4. The molecule has 4 amide bonds. The summed E-state index contributed by atoms with van der Waals surface area (Å²) in [4.78, 5) is 44.1. The molecular weight excluding hydrogens is 266 g/mol. The first-order valence-corrected chi connectivity index (χ1v) is 6.16. The van der Waals surface area contributed by atoms with Gasteiger partial charge in [0.05, 0.1) is 6.42 Å². The second kappa shape index (κ2) is 8.13. The lowest BCUT2D eigenvalue weighted by atomic mass is 9.85. The topological polar surface area (TPSA) is 125 Å². The zero-order chi connectivity index (χ0) is 15.8. The lowest BCUT2D eigenvalue weighted by molar-refractivity contribution is -0.139.